The van der Waals surface area contributed by atoms with Crippen molar-refractivity contribution in [3.8, 4) is 5.75 Å². The van der Waals surface area contributed by atoms with Crippen molar-refractivity contribution >= 4 is 34.1 Å². The number of nitrogens with one attached hydrogen (secondary N) is 2. The minimum atomic E-state index is 0.167. The third kappa shape index (κ3) is 2.60. The lowest BCUT2D eigenvalue weighted by molar-refractivity contribution is 0.415. The van der Waals surface area contributed by atoms with Crippen LogP contribution in [-0.4, -0.2) is 17.2 Å². The number of aryl methyl sites for hydroxylation is 1. The van der Waals surface area contributed by atoms with Gasteiger partial charge in [0.05, 0.1) is 12.6 Å². The Labute approximate surface area is 110 Å². The number of fused-ring (bicyclic) bond motifs is 1. The van der Waals surface area contributed by atoms with Gasteiger partial charge in [-0.1, -0.05) is 0 Å². The van der Waals surface area contributed by atoms with Gasteiger partial charge in [0.1, 0.15) is 11.6 Å². The van der Waals surface area contributed by atoms with E-state index in [4.69, 9.17) is 22.7 Å². The van der Waals surface area contributed by atoms with Crippen molar-refractivity contribution in [3.63, 3.8) is 0 Å². The van der Waals surface area contributed by atoms with E-state index in [0.717, 1.165) is 22.2 Å². The third-order valence-corrected chi connectivity index (χ3v) is 2.64. The van der Waals surface area contributed by atoms with Crippen molar-refractivity contribution < 1.29 is 4.74 Å². The maximum atomic E-state index is 5.35. The van der Waals surface area contributed by atoms with Crippen LogP contribution in [0, 0.1) is 6.92 Å². The number of hydrogen-bond donors (Lipinski definition) is 3. The fraction of sp³-hybridized carbons (Fsp3) is 0.167. The first-order valence-corrected chi connectivity index (χ1v) is 5.78. The Morgan fingerprint density at radius 2 is 2.17 bits per heavy atom. The summed E-state index contributed by atoms with van der Waals surface area (Å²) in [5.74, 6) is 1.43. The number of hydrogen-bond acceptors (Lipinski definition) is 4. The zero-order chi connectivity index (χ0) is 13.1. The van der Waals surface area contributed by atoms with Gasteiger partial charge in [-0.15, -0.1) is 0 Å². The second-order valence-electron chi connectivity index (χ2n) is 3.82. The minimum Gasteiger partial charge on any atom is -0.497 e. The molecule has 0 saturated heterocycles. The predicted octanol–water partition coefficient (Wildman–Crippen LogP) is 1.71. The van der Waals surface area contributed by atoms with Gasteiger partial charge >= 0.3 is 0 Å². The first kappa shape index (κ1) is 12.4. The summed E-state index contributed by atoms with van der Waals surface area (Å²) >= 11 is 4.72. The van der Waals surface area contributed by atoms with Gasteiger partial charge in [0.25, 0.3) is 0 Å². The number of ether oxygens (including phenoxy) is 1. The van der Waals surface area contributed by atoms with Gasteiger partial charge in [0, 0.05) is 11.5 Å². The fourth-order valence-corrected chi connectivity index (χ4v) is 1.75. The molecule has 0 atom stereocenters. The molecule has 1 heterocycles. The van der Waals surface area contributed by atoms with Crippen LogP contribution in [0.25, 0.3) is 10.9 Å². The molecule has 2 rings (SSSR count). The van der Waals surface area contributed by atoms with Gasteiger partial charge in [0.15, 0.2) is 5.11 Å². The summed E-state index contributed by atoms with van der Waals surface area (Å²) < 4.78 is 5.18. The molecule has 94 valence electrons. The van der Waals surface area contributed by atoms with Crippen molar-refractivity contribution in [1.29, 1.82) is 0 Å². The summed E-state index contributed by atoms with van der Waals surface area (Å²) in [6, 6.07) is 7.70. The number of nitrogens with zero attached hydrogens (tertiary/aromatic N) is 1. The maximum absolute atomic E-state index is 5.35. The molecule has 2 aromatic rings. The second-order valence-corrected chi connectivity index (χ2v) is 4.26. The summed E-state index contributed by atoms with van der Waals surface area (Å²) in [6.45, 7) is 2.02. The molecule has 5 nitrogen and oxygen atoms in total. The van der Waals surface area contributed by atoms with Crippen LogP contribution in [0.2, 0.25) is 0 Å². The van der Waals surface area contributed by atoms with Crippen LogP contribution < -0.4 is 21.3 Å². The van der Waals surface area contributed by atoms with Gasteiger partial charge < -0.3 is 10.5 Å². The molecule has 4 N–H and O–H groups in total. The van der Waals surface area contributed by atoms with Crippen molar-refractivity contribution in [3.05, 3.63) is 29.8 Å². The molecular formula is C12H14N4OS. The zero-order valence-electron chi connectivity index (χ0n) is 10.2. The van der Waals surface area contributed by atoms with Crippen LogP contribution in [0.5, 0.6) is 5.75 Å². The number of aromatic nitrogens is 1. The van der Waals surface area contributed by atoms with Crippen LogP contribution in [0.4, 0.5) is 5.82 Å². The third-order valence-electron chi connectivity index (χ3n) is 2.54. The molecule has 1 aromatic heterocycles. The Morgan fingerprint density at radius 3 is 2.83 bits per heavy atom. The molecule has 0 radical (unpaired) electrons. The second kappa shape index (κ2) is 5.05. The molecule has 1 aromatic carbocycles. The Morgan fingerprint density at radius 1 is 1.39 bits per heavy atom. The number of hydrazine groups is 1. The average molecular weight is 262 g/mol. The van der Waals surface area contributed by atoms with Crippen molar-refractivity contribution in [2.45, 2.75) is 6.92 Å². The van der Waals surface area contributed by atoms with Gasteiger partial charge in [-0.25, -0.2) is 4.98 Å². The standard InChI is InChI=1S/C12H14N4OS/c1-7-5-11(15-16-12(13)18)14-10-6-8(17-2)3-4-9(7)10/h3-6H,1-2H3,(H,14,15)(H3,13,16,18). The summed E-state index contributed by atoms with van der Waals surface area (Å²) in [5, 5.41) is 1.25. The average Bonchev–Trinajstić information content (AvgIpc) is 2.35. The lowest BCUT2D eigenvalue weighted by atomic mass is 10.1. The fourth-order valence-electron chi connectivity index (χ4n) is 1.70. The molecule has 0 aliphatic heterocycles. The highest BCUT2D eigenvalue weighted by Gasteiger charge is 2.04. The molecule has 0 unspecified atom stereocenters. The minimum absolute atomic E-state index is 0.167. The lowest BCUT2D eigenvalue weighted by Gasteiger charge is -2.10. The van der Waals surface area contributed by atoms with Crippen LogP contribution in [0.3, 0.4) is 0 Å². The molecular weight excluding hydrogens is 248 g/mol. The van der Waals surface area contributed by atoms with Crippen LogP contribution in [0.15, 0.2) is 24.3 Å². The quantitative estimate of drug-likeness (QED) is 0.578. The number of methoxy groups -OCH3 is 1. The van der Waals surface area contributed by atoms with E-state index in [0.29, 0.717) is 5.82 Å². The number of pyridine rings is 1. The first-order chi connectivity index (χ1) is 8.60. The Bertz CT molecular complexity index is 600. The predicted molar refractivity (Wildman–Crippen MR) is 76.6 cm³/mol. The number of benzene rings is 1. The van der Waals surface area contributed by atoms with Gasteiger partial charge in [0.2, 0.25) is 0 Å². The summed E-state index contributed by atoms with van der Waals surface area (Å²) in [5.41, 5.74) is 12.8. The van der Waals surface area contributed by atoms with E-state index in [-0.39, 0.29) is 5.11 Å². The molecule has 0 aliphatic carbocycles. The van der Waals surface area contributed by atoms with E-state index in [1.807, 2.05) is 31.2 Å². The van der Waals surface area contributed by atoms with Crippen molar-refractivity contribution in [2.24, 2.45) is 5.73 Å². The van der Waals surface area contributed by atoms with Gasteiger partial charge in [-0.05, 0) is 42.9 Å². The SMILES string of the molecule is COc1ccc2c(C)cc(NNC(N)=S)nc2c1. The number of thiocarbonyl (C=S) groups is 1. The molecule has 0 bridgehead atoms. The molecule has 0 fully saturated rings. The Hall–Kier alpha value is -2.08. The smallest absolute Gasteiger partial charge is 0.182 e. The van der Waals surface area contributed by atoms with Gasteiger partial charge in [-0.2, -0.15) is 0 Å². The molecule has 18 heavy (non-hydrogen) atoms. The van der Waals surface area contributed by atoms with Gasteiger partial charge in [-0.3, -0.25) is 10.9 Å². The van der Waals surface area contributed by atoms with E-state index in [1.54, 1.807) is 7.11 Å². The number of rotatable bonds is 3. The molecule has 0 aliphatic rings. The lowest BCUT2D eigenvalue weighted by Crippen LogP contribution is -2.34. The number of anilines is 1. The summed E-state index contributed by atoms with van der Waals surface area (Å²) in [7, 11) is 1.63. The molecule has 0 saturated carbocycles. The Balaban J connectivity index is 2.42. The number of nitrogens with two attached hydrogens (primary N) is 1. The zero-order valence-corrected chi connectivity index (χ0v) is 11.0. The first-order valence-electron chi connectivity index (χ1n) is 5.37. The molecule has 0 amide bonds. The van der Waals surface area contributed by atoms with Crippen LogP contribution in [-0.2, 0) is 0 Å². The highest BCUT2D eigenvalue weighted by molar-refractivity contribution is 7.80. The highest BCUT2D eigenvalue weighted by atomic mass is 32.1. The summed E-state index contributed by atoms with van der Waals surface area (Å²) in [6.07, 6.45) is 0. The van der Waals surface area contributed by atoms with E-state index in [9.17, 15) is 0 Å². The normalized spacial score (nSPS) is 10.1. The molecule has 0 spiro atoms. The monoisotopic (exact) mass is 262 g/mol. The van der Waals surface area contributed by atoms with E-state index in [1.165, 1.54) is 0 Å². The van der Waals surface area contributed by atoms with Crippen molar-refractivity contribution in [2.75, 3.05) is 12.5 Å². The molecule has 6 heteroatoms. The van der Waals surface area contributed by atoms with Crippen LogP contribution in [0.1, 0.15) is 5.56 Å². The van der Waals surface area contributed by atoms with Crippen LogP contribution >= 0.6 is 12.2 Å². The summed E-state index contributed by atoms with van der Waals surface area (Å²) in [4.78, 5) is 4.45. The van der Waals surface area contributed by atoms with Crippen molar-refractivity contribution in [1.82, 2.24) is 10.4 Å². The van der Waals surface area contributed by atoms with E-state index in [2.05, 4.69) is 15.8 Å². The maximum Gasteiger partial charge on any atom is 0.182 e. The van der Waals surface area contributed by atoms with E-state index < -0.39 is 0 Å². The highest BCUT2D eigenvalue weighted by Crippen LogP contribution is 2.23. The topological polar surface area (TPSA) is 72.2 Å². The Kier molecular flexibility index (Phi) is 3.47. The van der Waals surface area contributed by atoms with E-state index >= 15 is 0 Å². The largest absolute Gasteiger partial charge is 0.497 e.